The van der Waals surface area contributed by atoms with Gasteiger partial charge in [0.05, 0.1) is 17.3 Å². The molecule has 0 atom stereocenters. The summed E-state index contributed by atoms with van der Waals surface area (Å²) in [6, 6.07) is 23.6. The Balaban J connectivity index is 1.43. The highest BCUT2D eigenvalue weighted by atomic mass is 35.5. The molecule has 4 rings (SSSR count). The van der Waals surface area contributed by atoms with Crippen molar-refractivity contribution in [2.45, 2.75) is 0 Å². The summed E-state index contributed by atoms with van der Waals surface area (Å²) in [4.78, 5) is 24.7. The van der Waals surface area contributed by atoms with Crippen molar-refractivity contribution in [2.24, 2.45) is 5.10 Å². The molecule has 0 aromatic heterocycles. The molecule has 0 radical (unpaired) electrons. The minimum Gasteiger partial charge on any atom is -0.507 e. The summed E-state index contributed by atoms with van der Waals surface area (Å²) in [6.07, 6.45) is 1.41. The molecule has 6 nitrogen and oxygen atoms in total. The van der Waals surface area contributed by atoms with Crippen LogP contribution >= 0.6 is 11.6 Å². The topological polar surface area (TPSA) is 88.0 Å². The van der Waals surface area contributed by atoms with Crippen LogP contribution in [0.4, 0.5) is 0 Å². The van der Waals surface area contributed by atoms with Gasteiger partial charge >= 0.3 is 5.97 Å². The van der Waals surface area contributed by atoms with Crippen molar-refractivity contribution in [3.8, 4) is 11.5 Å². The van der Waals surface area contributed by atoms with Gasteiger partial charge in [-0.15, -0.1) is 0 Å². The van der Waals surface area contributed by atoms with Crippen molar-refractivity contribution >= 4 is 40.5 Å². The smallest absolute Gasteiger partial charge is 0.343 e. The Labute approximate surface area is 188 Å². The first-order valence-corrected chi connectivity index (χ1v) is 10.0. The third-order valence-electron chi connectivity index (χ3n) is 4.64. The average Bonchev–Trinajstić information content (AvgIpc) is 2.79. The van der Waals surface area contributed by atoms with Gasteiger partial charge in [-0.05, 0) is 64.9 Å². The second kappa shape index (κ2) is 9.32. The van der Waals surface area contributed by atoms with Crippen LogP contribution in [0.2, 0.25) is 5.02 Å². The molecule has 0 bridgehead atoms. The summed E-state index contributed by atoms with van der Waals surface area (Å²) in [5, 5.41) is 16.3. The molecule has 158 valence electrons. The Bertz CT molecular complexity index is 1330. The molecule has 4 aromatic carbocycles. The molecule has 2 N–H and O–H groups in total. The lowest BCUT2D eigenvalue weighted by Gasteiger charge is -2.06. The quantitative estimate of drug-likeness (QED) is 0.192. The maximum absolute atomic E-state index is 12.4. The Morgan fingerprint density at radius 1 is 0.906 bits per heavy atom. The number of aromatic hydroxyl groups is 1. The number of amides is 1. The van der Waals surface area contributed by atoms with E-state index in [1.165, 1.54) is 12.3 Å². The number of carbonyl (C=O) groups excluding carboxylic acids is 2. The number of phenolic OH excluding ortho intramolecular Hbond substituents is 1. The van der Waals surface area contributed by atoms with Gasteiger partial charge in [-0.1, -0.05) is 48.0 Å². The van der Waals surface area contributed by atoms with Crippen LogP contribution in [-0.4, -0.2) is 23.2 Å². The van der Waals surface area contributed by atoms with E-state index >= 15 is 0 Å². The van der Waals surface area contributed by atoms with Crippen LogP contribution in [0, 0.1) is 0 Å². The van der Waals surface area contributed by atoms with Crippen LogP contribution < -0.4 is 10.2 Å². The molecule has 0 saturated carbocycles. The highest BCUT2D eigenvalue weighted by Crippen LogP contribution is 2.25. The molecule has 0 aliphatic heterocycles. The van der Waals surface area contributed by atoms with Gasteiger partial charge in [0.1, 0.15) is 11.5 Å². The van der Waals surface area contributed by atoms with E-state index in [0.717, 1.165) is 10.8 Å². The SMILES string of the molecule is O=C(Oc1cccc(C=NNC(=O)c2cc3ccccc3cc2O)c1)c1ccc(Cl)cc1. The molecule has 0 heterocycles. The molecule has 4 aromatic rings. The molecule has 1 amide bonds. The van der Waals surface area contributed by atoms with E-state index in [1.807, 2.05) is 24.3 Å². The fourth-order valence-corrected chi connectivity index (χ4v) is 3.17. The number of carbonyl (C=O) groups is 2. The number of fused-ring (bicyclic) bond motifs is 1. The van der Waals surface area contributed by atoms with Crippen LogP contribution in [0.3, 0.4) is 0 Å². The number of hydrogen-bond donors (Lipinski definition) is 2. The Kier molecular flexibility index (Phi) is 6.14. The normalized spacial score (nSPS) is 10.9. The number of nitrogens with one attached hydrogen (secondary N) is 1. The average molecular weight is 445 g/mol. The number of hydrazone groups is 1. The molecule has 7 heteroatoms. The number of hydrogen-bond acceptors (Lipinski definition) is 5. The summed E-state index contributed by atoms with van der Waals surface area (Å²) in [5.74, 6) is -0.870. The standard InChI is InChI=1S/C25H17ClN2O4/c26-20-10-8-17(9-11-20)25(31)32-21-7-3-4-16(12-21)15-27-28-24(30)22-13-18-5-1-2-6-19(18)14-23(22)29/h1-15,29H,(H,28,30). The third kappa shape index (κ3) is 4.94. The van der Waals surface area contributed by atoms with E-state index in [1.54, 1.807) is 54.6 Å². The molecule has 0 spiro atoms. The van der Waals surface area contributed by atoms with Gasteiger partial charge < -0.3 is 9.84 Å². The van der Waals surface area contributed by atoms with Crippen molar-refractivity contribution in [3.05, 3.63) is 107 Å². The van der Waals surface area contributed by atoms with Crippen molar-refractivity contribution in [1.82, 2.24) is 5.43 Å². The molecule has 0 aliphatic carbocycles. The zero-order valence-corrected chi connectivity index (χ0v) is 17.4. The second-order valence-electron chi connectivity index (χ2n) is 6.88. The summed E-state index contributed by atoms with van der Waals surface area (Å²) in [6.45, 7) is 0. The maximum Gasteiger partial charge on any atom is 0.343 e. The van der Waals surface area contributed by atoms with Gasteiger partial charge in [0.25, 0.3) is 5.91 Å². The van der Waals surface area contributed by atoms with Gasteiger partial charge in [-0.2, -0.15) is 5.10 Å². The number of nitrogens with zero attached hydrogens (tertiary/aromatic N) is 1. The molecule has 0 aliphatic rings. The number of benzene rings is 4. The van der Waals surface area contributed by atoms with Crippen LogP contribution in [0.25, 0.3) is 10.8 Å². The zero-order chi connectivity index (χ0) is 22.5. The summed E-state index contributed by atoms with van der Waals surface area (Å²) < 4.78 is 5.37. The summed E-state index contributed by atoms with van der Waals surface area (Å²) in [7, 11) is 0. The Morgan fingerprint density at radius 3 is 2.38 bits per heavy atom. The fourth-order valence-electron chi connectivity index (χ4n) is 3.05. The molecule has 32 heavy (non-hydrogen) atoms. The van der Waals surface area contributed by atoms with Gasteiger partial charge in [0.15, 0.2) is 0 Å². The number of rotatable bonds is 5. The van der Waals surface area contributed by atoms with E-state index in [-0.39, 0.29) is 11.3 Å². The first-order valence-electron chi connectivity index (χ1n) is 9.62. The lowest BCUT2D eigenvalue weighted by Crippen LogP contribution is -2.17. The van der Waals surface area contributed by atoms with E-state index < -0.39 is 11.9 Å². The highest BCUT2D eigenvalue weighted by molar-refractivity contribution is 6.30. The van der Waals surface area contributed by atoms with Crippen LogP contribution in [0.5, 0.6) is 11.5 Å². The monoisotopic (exact) mass is 444 g/mol. The minimum absolute atomic E-state index is 0.117. The third-order valence-corrected chi connectivity index (χ3v) is 4.89. The fraction of sp³-hybridized carbons (Fsp3) is 0. The predicted octanol–water partition coefficient (Wildman–Crippen LogP) is 5.18. The molecule has 0 fully saturated rings. The lowest BCUT2D eigenvalue weighted by atomic mass is 10.1. The van der Waals surface area contributed by atoms with E-state index in [2.05, 4.69) is 10.5 Å². The zero-order valence-electron chi connectivity index (χ0n) is 16.7. The van der Waals surface area contributed by atoms with Gasteiger partial charge in [0, 0.05) is 5.02 Å². The predicted molar refractivity (Wildman–Crippen MR) is 124 cm³/mol. The Hall–Kier alpha value is -4.16. The molecule has 0 saturated heterocycles. The number of esters is 1. The Morgan fingerprint density at radius 2 is 1.62 bits per heavy atom. The van der Waals surface area contributed by atoms with Crippen molar-refractivity contribution < 1.29 is 19.4 Å². The van der Waals surface area contributed by atoms with E-state index in [0.29, 0.717) is 21.9 Å². The summed E-state index contributed by atoms with van der Waals surface area (Å²) >= 11 is 5.83. The maximum atomic E-state index is 12.4. The van der Waals surface area contributed by atoms with Crippen molar-refractivity contribution in [2.75, 3.05) is 0 Å². The second-order valence-corrected chi connectivity index (χ2v) is 7.32. The van der Waals surface area contributed by atoms with Gasteiger partial charge in [0.2, 0.25) is 0 Å². The molecular weight excluding hydrogens is 428 g/mol. The molecular formula is C25H17ClN2O4. The minimum atomic E-state index is -0.546. The van der Waals surface area contributed by atoms with Crippen molar-refractivity contribution in [3.63, 3.8) is 0 Å². The van der Waals surface area contributed by atoms with Crippen LogP contribution in [0.15, 0.2) is 90.0 Å². The van der Waals surface area contributed by atoms with Gasteiger partial charge in [-0.3, -0.25) is 4.79 Å². The highest BCUT2D eigenvalue weighted by Gasteiger charge is 2.12. The van der Waals surface area contributed by atoms with Crippen molar-refractivity contribution in [1.29, 1.82) is 0 Å². The first kappa shape index (κ1) is 21.1. The van der Waals surface area contributed by atoms with E-state index in [4.69, 9.17) is 16.3 Å². The van der Waals surface area contributed by atoms with Crippen LogP contribution in [0.1, 0.15) is 26.3 Å². The molecule has 0 unspecified atom stereocenters. The number of halogens is 1. The van der Waals surface area contributed by atoms with Gasteiger partial charge in [-0.25, -0.2) is 10.2 Å². The van der Waals surface area contributed by atoms with E-state index in [9.17, 15) is 14.7 Å². The van der Waals surface area contributed by atoms with Crippen LogP contribution in [-0.2, 0) is 0 Å². The number of ether oxygens (including phenoxy) is 1. The number of phenols is 1. The first-order chi connectivity index (χ1) is 15.5. The largest absolute Gasteiger partial charge is 0.507 e. The lowest BCUT2D eigenvalue weighted by molar-refractivity contribution is 0.0734. The summed E-state index contributed by atoms with van der Waals surface area (Å²) in [5.41, 5.74) is 3.49.